The van der Waals surface area contributed by atoms with E-state index in [0.29, 0.717) is 12.2 Å². The molecule has 0 atom stereocenters. The zero-order chi connectivity index (χ0) is 18.6. The van der Waals surface area contributed by atoms with Crippen LogP contribution in [0.2, 0.25) is 0 Å². The molecule has 132 valence electrons. The summed E-state index contributed by atoms with van der Waals surface area (Å²) in [5, 5.41) is 10.6. The van der Waals surface area contributed by atoms with Gasteiger partial charge in [0.1, 0.15) is 5.69 Å². The summed E-state index contributed by atoms with van der Waals surface area (Å²) >= 11 is 0. The number of ether oxygens (including phenoxy) is 1. The molecule has 4 aromatic rings. The van der Waals surface area contributed by atoms with Crippen molar-refractivity contribution < 1.29 is 9.53 Å². The van der Waals surface area contributed by atoms with Gasteiger partial charge in [-0.1, -0.05) is 60.7 Å². The summed E-state index contributed by atoms with van der Waals surface area (Å²) in [4.78, 5) is 12.1. The van der Waals surface area contributed by atoms with Crippen LogP contribution in [-0.4, -0.2) is 22.8 Å². The minimum Gasteiger partial charge on any atom is -0.462 e. The third kappa shape index (κ3) is 3.29. The maximum Gasteiger partial charge on any atom is 0.338 e. The molecule has 0 aliphatic rings. The van der Waals surface area contributed by atoms with Gasteiger partial charge in [0, 0.05) is 16.3 Å². The zero-order valence-electron chi connectivity index (χ0n) is 14.9. The highest BCUT2D eigenvalue weighted by molar-refractivity contribution is 6.05. The van der Waals surface area contributed by atoms with Crippen molar-refractivity contribution in [3.05, 3.63) is 84.6 Å². The van der Waals surface area contributed by atoms with Gasteiger partial charge in [-0.05, 0) is 30.2 Å². The number of aromatic nitrogens is 2. The van der Waals surface area contributed by atoms with E-state index in [-0.39, 0.29) is 5.97 Å². The summed E-state index contributed by atoms with van der Waals surface area (Å²) in [7, 11) is 0. The number of rotatable bonds is 4. The van der Waals surface area contributed by atoms with Gasteiger partial charge >= 0.3 is 5.97 Å². The van der Waals surface area contributed by atoms with E-state index in [1.54, 1.807) is 19.2 Å². The van der Waals surface area contributed by atoms with Gasteiger partial charge in [0.05, 0.1) is 18.4 Å². The molecule has 0 aliphatic heterocycles. The normalized spacial score (nSPS) is 10.7. The van der Waals surface area contributed by atoms with Gasteiger partial charge in [0.25, 0.3) is 0 Å². The lowest BCUT2D eigenvalue weighted by molar-refractivity contribution is 0.0526. The van der Waals surface area contributed by atoms with Crippen molar-refractivity contribution in [3.63, 3.8) is 0 Å². The molecule has 0 spiro atoms. The summed E-state index contributed by atoms with van der Waals surface area (Å²) in [5.74, 6) is -0.317. The number of esters is 1. The van der Waals surface area contributed by atoms with Crippen molar-refractivity contribution in [2.75, 3.05) is 6.61 Å². The van der Waals surface area contributed by atoms with Crippen molar-refractivity contribution >= 4 is 16.7 Å². The van der Waals surface area contributed by atoms with E-state index in [1.807, 2.05) is 66.7 Å². The van der Waals surface area contributed by atoms with E-state index in [2.05, 4.69) is 10.2 Å². The molecule has 4 rings (SSSR count). The molecular weight excluding hydrogens is 336 g/mol. The first-order chi connectivity index (χ1) is 13.3. The van der Waals surface area contributed by atoms with Gasteiger partial charge in [0.2, 0.25) is 0 Å². The number of hydrogen-bond donors (Lipinski definition) is 0. The van der Waals surface area contributed by atoms with Crippen molar-refractivity contribution in [3.8, 4) is 22.4 Å². The largest absolute Gasteiger partial charge is 0.462 e. The number of hydrogen-bond acceptors (Lipinski definition) is 4. The molecule has 0 unspecified atom stereocenters. The number of carbonyl (C=O) groups excluding carboxylic acids is 1. The Kier molecular flexibility index (Phi) is 4.62. The van der Waals surface area contributed by atoms with Crippen molar-refractivity contribution in [2.24, 2.45) is 0 Å². The number of benzene rings is 3. The van der Waals surface area contributed by atoms with E-state index in [0.717, 1.165) is 33.2 Å². The highest BCUT2D eigenvalue weighted by Crippen LogP contribution is 2.34. The first-order valence-corrected chi connectivity index (χ1v) is 8.85. The second kappa shape index (κ2) is 7.38. The summed E-state index contributed by atoms with van der Waals surface area (Å²) in [5.41, 5.74) is 4.31. The lowest BCUT2D eigenvalue weighted by Gasteiger charge is -2.11. The lowest BCUT2D eigenvalue weighted by Crippen LogP contribution is -2.04. The Hall–Kier alpha value is -3.53. The monoisotopic (exact) mass is 354 g/mol. The minimum atomic E-state index is -0.317. The maximum atomic E-state index is 12.1. The predicted molar refractivity (Wildman–Crippen MR) is 106 cm³/mol. The molecule has 27 heavy (non-hydrogen) atoms. The molecular formula is C23H18N2O2. The molecule has 0 N–H and O–H groups in total. The van der Waals surface area contributed by atoms with E-state index in [9.17, 15) is 4.79 Å². The molecule has 0 aliphatic carbocycles. The average molecular weight is 354 g/mol. The molecule has 4 heteroatoms. The third-order valence-corrected chi connectivity index (χ3v) is 4.42. The van der Waals surface area contributed by atoms with Crippen LogP contribution < -0.4 is 0 Å². The van der Waals surface area contributed by atoms with Crippen molar-refractivity contribution in [1.82, 2.24) is 10.2 Å². The number of nitrogens with zero attached hydrogens (tertiary/aromatic N) is 2. The van der Waals surface area contributed by atoms with Crippen LogP contribution >= 0.6 is 0 Å². The lowest BCUT2D eigenvalue weighted by atomic mass is 9.95. The summed E-state index contributed by atoms with van der Waals surface area (Å²) in [6.45, 7) is 2.16. The molecule has 0 amide bonds. The molecule has 0 saturated heterocycles. The molecule has 0 bridgehead atoms. The molecule has 1 heterocycles. The minimum absolute atomic E-state index is 0.317. The van der Waals surface area contributed by atoms with Gasteiger partial charge in [-0.2, -0.15) is 5.10 Å². The smallest absolute Gasteiger partial charge is 0.338 e. The van der Waals surface area contributed by atoms with Crippen LogP contribution in [0.3, 0.4) is 0 Å². The average Bonchev–Trinajstić information content (AvgIpc) is 2.74. The van der Waals surface area contributed by atoms with Crippen LogP contribution in [0.4, 0.5) is 0 Å². The summed E-state index contributed by atoms with van der Waals surface area (Å²) < 4.78 is 5.14. The molecule has 3 aromatic carbocycles. The Morgan fingerprint density at radius 3 is 2.52 bits per heavy atom. The maximum absolute atomic E-state index is 12.1. The van der Waals surface area contributed by atoms with Crippen LogP contribution in [0, 0.1) is 0 Å². The molecule has 0 saturated carbocycles. The molecule has 1 aromatic heterocycles. The SMILES string of the molecule is CCOC(=O)c1cccc(-c2cccc3cnnc(-c4ccccc4)c23)c1. The zero-order valence-corrected chi connectivity index (χ0v) is 14.9. The van der Waals surface area contributed by atoms with Gasteiger partial charge in [-0.3, -0.25) is 0 Å². The Bertz CT molecular complexity index is 1100. The van der Waals surface area contributed by atoms with Gasteiger partial charge < -0.3 is 4.74 Å². The van der Waals surface area contributed by atoms with E-state index < -0.39 is 0 Å². The third-order valence-electron chi connectivity index (χ3n) is 4.42. The van der Waals surface area contributed by atoms with Crippen molar-refractivity contribution in [2.45, 2.75) is 6.92 Å². The fourth-order valence-electron chi connectivity index (χ4n) is 3.21. The van der Waals surface area contributed by atoms with Gasteiger partial charge in [0.15, 0.2) is 0 Å². The Labute approximate surface area is 157 Å². The summed E-state index contributed by atoms with van der Waals surface area (Å²) in [6, 6.07) is 23.5. The van der Waals surface area contributed by atoms with Crippen LogP contribution in [0.5, 0.6) is 0 Å². The van der Waals surface area contributed by atoms with Crippen LogP contribution in [0.15, 0.2) is 79.0 Å². The van der Waals surface area contributed by atoms with Gasteiger partial charge in [-0.25, -0.2) is 4.79 Å². The highest BCUT2D eigenvalue weighted by Gasteiger charge is 2.14. The van der Waals surface area contributed by atoms with Crippen molar-refractivity contribution in [1.29, 1.82) is 0 Å². The number of carbonyl (C=O) groups is 1. The van der Waals surface area contributed by atoms with E-state index in [4.69, 9.17) is 4.74 Å². The topological polar surface area (TPSA) is 52.1 Å². The van der Waals surface area contributed by atoms with Gasteiger partial charge in [-0.15, -0.1) is 5.10 Å². The standard InChI is InChI=1S/C23H18N2O2/c1-2-27-23(26)18-11-6-10-17(14-18)20-13-7-12-19-15-24-25-22(21(19)20)16-8-4-3-5-9-16/h3-15H,2H2,1H3. The fourth-order valence-corrected chi connectivity index (χ4v) is 3.21. The Morgan fingerprint density at radius 1 is 0.926 bits per heavy atom. The Balaban J connectivity index is 1.93. The second-order valence-corrected chi connectivity index (χ2v) is 6.13. The van der Waals surface area contributed by atoms with Crippen LogP contribution in [0.25, 0.3) is 33.2 Å². The summed E-state index contributed by atoms with van der Waals surface area (Å²) in [6.07, 6.45) is 1.76. The highest BCUT2D eigenvalue weighted by atomic mass is 16.5. The van der Waals surface area contributed by atoms with Crippen LogP contribution in [-0.2, 0) is 4.74 Å². The predicted octanol–water partition coefficient (Wildman–Crippen LogP) is 5.14. The molecule has 0 radical (unpaired) electrons. The van der Waals surface area contributed by atoms with E-state index >= 15 is 0 Å². The first-order valence-electron chi connectivity index (χ1n) is 8.85. The first kappa shape index (κ1) is 16.9. The molecule has 0 fully saturated rings. The quantitative estimate of drug-likeness (QED) is 0.476. The fraction of sp³-hybridized carbons (Fsp3) is 0.0870. The second-order valence-electron chi connectivity index (χ2n) is 6.13. The Morgan fingerprint density at radius 2 is 1.70 bits per heavy atom. The van der Waals surface area contributed by atoms with Crippen LogP contribution in [0.1, 0.15) is 17.3 Å². The van der Waals surface area contributed by atoms with E-state index in [1.165, 1.54) is 0 Å². The molecule has 4 nitrogen and oxygen atoms in total. The number of fused-ring (bicyclic) bond motifs is 1.